The Kier molecular flexibility index (Phi) is 4.21. The molecule has 6 nitrogen and oxygen atoms in total. The van der Waals surface area contributed by atoms with Gasteiger partial charge in [-0.05, 0) is 45.0 Å². The maximum Gasteiger partial charge on any atom is 0.273 e. The van der Waals surface area contributed by atoms with Crippen molar-refractivity contribution in [3.63, 3.8) is 0 Å². The number of piperidine rings is 1. The molecule has 0 aromatic heterocycles. The van der Waals surface area contributed by atoms with E-state index in [0.717, 1.165) is 38.2 Å². The predicted octanol–water partition coefficient (Wildman–Crippen LogP) is 1.93. The van der Waals surface area contributed by atoms with Gasteiger partial charge < -0.3 is 16.0 Å². The summed E-state index contributed by atoms with van der Waals surface area (Å²) in [7, 11) is 2.13. The second-order valence-electron chi connectivity index (χ2n) is 5.20. The van der Waals surface area contributed by atoms with Gasteiger partial charge in [0.15, 0.2) is 0 Å². The highest BCUT2D eigenvalue weighted by atomic mass is 16.6. The van der Waals surface area contributed by atoms with E-state index >= 15 is 0 Å². The topological polar surface area (TPSA) is 84.4 Å². The summed E-state index contributed by atoms with van der Waals surface area (Å²) in [4.78, 5) is 12.7. The molecule has 0 aliphatic carbocycles. The fourth-order valence-electron chi connectivity index (χ4n) is 2.37. The number of nitrogen functional groups attached to an aromatic ring is 1. The number of benzene rings is 1. The van der Waals surface area contributed by atoms with Crippen molar-refractivity contribution in [2.24, 2.45) is 5.92 Å². The summed E-state index contributed by atoms with van der Waals surface area (Å²) in [6, 6.07) is 4.65. The van der Waals surface area contributed by atoms with Gasteiger partial charge in [0, 0.05) is 30.1 Å². The summed E-state index contributed by atoms with van der Waals surface area (Å²) in [6.07, 6.45) is 2.32. The third kappa shape index (κ3) is 3.82. The van der Waals surface area contributed by atoms with E-state index in [4.69, 9.17) is 5.73 Å². The molecule has 1 aromatic carbocycles. The van der Waals surface area contributed by atoms with Gasteiger partial charge in [-0.15, -0.1) is 0 Å². The van der Waals surface area contributed by atoms with Gasteiger partial charge >= 0.3 is 0 Å². The maximum absolute atomic E-state index is 10.8. The molecular formula is C13H20N4O2. The van der Waals surface area contributed by atoms with Gasteiger partial charge in [0.1, 0.15) is 0 Å². The number of rotatable bonds is 4. The van der Waals surface area contributed by atoms with Crippen LogP contribution in [-0.2, 0) is 0 Å². The smallest absolute Gasteiger partial charge is 0.273 e. The monoisotopic (exact) mass is 264 g/mol. The summed E-state index contributed by atoms with van der Waals surface area (Å²) in [5, 5.41) is 14.0. The number of nitro groups is 1. The van der Waals surface area contributed by atoms with Crippen molar-refractivity contribution < 1.29 is 4.92 Å². The van der Waals surface area contributed by atoms with Gasteiger partial charge in [-0.2, -0.15) is 0 Å². The quantitative estimate of drug-likeness (QED) is 0.493. The van der Waals surface area contributed by atoms with Crippen LogP contribution in [0, 0.1) is 16.0 Å². The van der Waals surface area contributed by atoms with E-state index in [0.29, 0.717) is 11.6 Å². The molecule has 1 aliphatic heterocycles. The molecule has 0 atom stereocenters. The molecule has 1 aromatic rings. The van der Waals surface area contributed by atoms with Gasteiger partial charge in [0.25, 0.3) is 5.69 Å². The first-order valence-corrected chi connectivity index (χ1v) is 6.52. The molecular weight excluding hydrogens is 244 g/mol. The summed E-state index contributed by atoms with van der Waals surface area (Å²) in [5.41, 5.74) is 6.85. The molecule has 1 fully saturated rings. The number of nitro benzene ring substituents is 1. The minimum absolute atomic E-state index is 0.0332. The number of nitrogens with two attached hydrogens (primary N) is 1. The number of hydrogen-bond acceptors (Lipinski definition) is 5. The van der Waals surface area contributed by atoms with Crippen LogP contribution in [0.1, 0.15) is 12.8 Å². The number of nitrogens with zero attached hydrogens (tertiary/aromatic N) is 2. The lowest BCUT2D eigenvalue weighted by Crippen LogP contribution is -2.32. The van der Waals surface area contributed by atoms with Crippen molar-refractivity contribution in [3.05, 3.63) is 28.3 Å². The molecule has 0 bridgehead atoms. The summed E-state index contributed by atoms with van der Waals surface area (Å²) in [6.45, 7) is 3.07. The van der Waals surface area contributed by atoms with E-state index in [1.165, 1.54) is 12.1 Å². The largest absolute Gasteiger partial charge is 0.398 e. The first kappa shape index (κ1) is 13.6. The van der Waals surface area contributed by atoms with Crippen molar-refractivity contribution in [2.45, 2.75) is 12.8 Å². The van der Waals surface area contributed by atoms with Crippen molar-refractivity contribution in [3.8, 4) is 0 Å². The van der Waals surface area contributed by atoms with Crippen LogP contribution < -0.4 is 11.1 Å². The number of hydrogen-bond donors (Lipinski definition) is 2. The molecule has 0 saturated carbocycles. The Balaban J connectivity index is 1.94. The SMILES string of the molecule is CN1CCC(CNc2cc(N)cc([N+](=O)[O-])c2)CC1. The fourth-order valence-corrected chi connectivity index (χ4v) is 2.37. The number of likely N-dealkylation sites (tertiary alicyclic amines) is 1. The van der Waals surface area contributed by atoms with Crippen molar-refractivity contribution in [1.29, 1.82) is 0 Å². The number of non-ortho nitro benzene ring substituents is 1. The van der Waals surface area contributed by atoms with E-state index < -0.39 is 4.92 Å². The third-order valence-electron chi connectivity index (χ3n) is 3.58. The average molecular weight is 264 g/mol. The molecule has 0 radical (unpaired) electrons. The highest BCUT2D eigenvalue weighted by molar-refractivity contribution is 5.61. The van der Waals surface area contributed by atoms with E-state index in [-0.39, 0.29) is 5.69 Å². The normalized spacial score (nSPS) is 17.3. The van der Waals surface area contributed by atoms with Crippen LogP contribution in [0.4, 0.5) is 17.1 Å². The van der Waals surface area contributed by atoms with E-state index in [9.17, 15) is 10.1 Å². The summed E-state index contributed by atoms with van der Waals surface area (Å²) in [5.74, 6) is 0.622. The molecule has 1 heterocycles. The highest BCUT2D eigenvalue weighted by Crippen LogP contribution is 2.23. The zero-order chi connectivity index (χ0) is 13.8. The van der Waals surface area contributed by atoms with Crippen LogP contribution in [0.25, 0.3) is 0 Å². The van der Waals surface area contributed by atoms with Crippen LogP contribution in [-0.4, -0.2) is 36.5 Å². The van der Waals surface area contributed by atoms with Crippen molar-refractivity contribution >= 4 is 17.1 Å². The summed E-state index contributed by atoms with van der Waals surface area (Å²) >= 11 is 0. The zero-order valence-electron chi connectivity index (χ0n) is 11.1. The Morgan fingerprint density at radius 3 is 2.74 bits per heavy atom. The van der Waals surface area contributed by atoms with Gasteiger partial charge in [-0.1, -0.05) is 0 Å². The van der Waals surface area contributed by atoms with E-state index in [1.54, 1.807) is 6.07 Å². The van der Waals surface area contributed by atoms with Gasteiger partial charge in [-0.25, -0.2) is 0 Å². The van der Waals surface area contributed by atoms with Crippen LogP contribution in [0.3, 0.4) is 0 Å². The number of anilines is 2. The second-order valence-corrected chi connectivity index (χ2v) is 5.20. The molecule has 0 spiro atoms. The molecule has 0 unspecified atom stereocenters. The molecule has 1 saturated heterocycles. The highest BCUT2D eigenvalue weighted by Gasteiger charge is 2.16. The van der Waals surface area contributed by atoms with Crippen LogP contribution in [0.5, 0.6) is 0 Å². The fraction of sp³-hybridized carbons (Fsp3) is 0.538. The van der Waals surface area contributed by atoms with Crippen molar-refractivity contribution in [2.75, 3.05) is 37.7 Å². The third-order valence-corrected chi connectivity index (χ3v) is 3.58. The van der Waals surface area contributed by atoms with Gasteiger partial charge in [0.2, 0.25) is 0 Å². The Labute approximate surface area is 112 Å². The Morgan fingerprint density at radius 1 is 1.42 bits per heavy atom. The summed E-state index contributed by atoms with van der Waals surface area (Å²) < 4.78 is 0. The molecule has 104 valence electrons. The average Bonchev–Trinajstić information content (AvgIpc) is 2.37. The minimum Gasteiger partial charge on any atom is -0.398 e. The molecule has 3 N–H and O–H groups in total. The van der Waals surface area contributed by atoms with Gasteiger partial charge in [0.05, 0.1) is 4.92 Å². The number of nitrogens with one attached hydrogen (secondary N) is 1. The second kappa shape index (κ2) is 5.88. The lowest BCUT2D eigenvalue weighted by Gasteiger charge is -2.29. The lowest BCUT2D eigenvalue weighted by molar-refractivity contribution is -0.384. The maximum atomic E-state index is 10.8. The molecule has 6 heteroatoms. The van der Waals surface area contributed by atoms with E-state index in [1.807, 2.05) is 0 Å². The molecule has 1 aliphatic rings. The zero-order valence-corrected chi connectivity index (χ0v) is 11.1. The first-order valence-electron chi connectivity index (χ1n) is 6.52. The lowest BCUT2D eigenvalue weighted by atomic mass is 9.97. The minimum atomic E-state index is -0.420. The molecule has 19 heavy (non-hydrogen) atoms. The predicted molar refractivity (Wildman–Crippen MR) is 76.2 cm³/mol. The standard InChI is InChI=1S/C13H20N4O2/c1-16-4-2-10(3-5-16)9-15-12-6-11(14)7-13(8-12)17(18)19/h6-8,10,15H,2-5,9,14H2,1H3. The molecule has 2 rings (SSSR count). The van der Waals surface area contributed by atoms with E-state index in [2.05, 4.69) is 17.3 Å². The first-order chi connectivity index (χ1) is 9.04. The Morgan fingerprint density at radius 2 is 2.11 bits per heavy atom. The Bertz CT molecular complexity index is 456. The van der Waals surface area contributed by atoms with Crippen LogP contribution in [0.15, 0.2) is 18.2 Å². The van der Waals surface area contributed by atoms with Crippen LogP contribution in [0.2, 0.25) is 0 Å². The van der Waals surface area contributed by atoms with Crippen LogP contribution >= 0.6 is 0 Å². The van der Waals surface area contributed by atoms with Gasteiger partial charge in [-0.3, -0.25) is 10.1 Å². The Hall–Kier alpha value is -1.82. The van der Waals surface area contributed by atoms with Crippen molar-refractivity contribution in [1.82, 2.24) is 4.90 Å². The molecule has 0 amide bonds.